The molecule has 29 heavy (non-hydrogen) atoms. The zero-order valence-electron chi connectivity index (χ0n) is 17.0. The lowest BCUT2D eigenvalue weighted by Gasteiger charge is -2.25. The van der Waals surface area contributed by atoms with E-state index in [-0.39, 0.29) is 23.8 Å². The summed E-state index contributed by atoms with van der Waals surface area (Å²) in [6.07, 6.45) is 3.08. The highest BCUT2D eigenvalue weighted by Gasteiger charge is 2.25. The second-order valence-corrected chi connectivity index (χ2v) is 9.34. The zero-order chi connectivity index (χ0) is 20.9. The third-order valence-electron chi connectivity index (χ3n) is 5.01. The number of carbonyl (C=O) groups is 1. The summed E-state index contributed by atoms with van der Waals surface area (Å²) in [4.78, 5) is 12.4. The molecule has 0 atom stereocenters. The van der Waals surface area contributed by atoms with E-state index in [2.05, 4.69) is 5.32 Å². The van der Waals surface area contributed by atoms with Crippen molar-refractivity contribution in [2.45, 2.75) is 44.4 Å². The number of piperidine rings is 1. The fourth-order valence-corrected chi connectivity index (χ4v) is 4.92. The SMILES string of the molecule is Cc1ccc(OCCC(=O)Nc2ccc(S(=O)(=O)N3CCCCC3)cc2)c(C)c1. The average Bonchev–Trinajstić information content (AvgIpc) is 2.71. The van der Waals surface area contributed by atoms with Crippen molar-refractivity contribution >= 4 is 21.6 Å². The third kappa shape index (κ3) is 5.58. The number of nitrogens with zero attached hydrogens (tertiary/aromatic N) is 1. The van der Waals surface area contributed by atoms with Crippen LogP contribution in [-0.2, 0) is 14.8 Å². The van der Waals surface area contributed by atoms with Gasteiger partial charge in [-0.05, 0) is 62.6 Å². The first-order valence-corrected chi connectivity index (χ1v) is 11.4. The fourth-order valence-electron chi connectivity index (χ4n) is 3.40. The number of ether oxygens (including phenoxy) is 1. The quantitative estimate of drug-likeness (QED) is 0.743. The molecule has 2 aromatic rings. The number of rotatable bonds is 7. The van der Waals surface area contributed by atoms with E-state index in [4.69, 9.17) is 4.74 Å². The Morgan fingerprint density at radius 1 is 1.03 bits per heavy atom. The van der Waals surface area contributed by atoms with Gasteiger partial charge in [0.05, 0.1) is 17.9 Å². The molecule has 1 aliphatic heterocycles. The number of aryl methyl sites for hydroxylation is 2. The summed E-state index contributed by atoms with van der Waals surface area (Å²) < 4.78 is 32.6. The predicted octanol–water partition coefficient (Wildman–Crippen LogP) is 3.89. The lowest BCUT2D eigenvalue weighted by Crippen LogP contribution is -2.35. The molecule has 1 amide bonds. The van der Waals surface area contributed by atoms with Crippen LogP contribution in [0.15, 0.2) is 47.4 Å². The summed E-state index contributed by atoms with van der Waals surface area (Å²) in [6, 6.07) is 12.3. The monoisotopic (exact) mass is 416 g/mol. The molecule has 7 heteroatoms. The first-order valence-electron chi connectivity index (χ1n) is 9.96. The average molecular weight is 417 g/mol. The van der Waals surface area contributed by atoms with E-state index >= 15 is 0 Å². The second-order valence-electron chi connectivity index (χ2n) is 7.40. The summed E-state index contributed by atoms with van der Waals surface area (Å²) in [5, 5.41) is 2.78. The first-order chi connectivity index (χ1) is 13.9. The van der Waals surface area contributed by atoms with Gasteiger partial charge in [0.1, 0.15) is 5.75 Å². The van der Waals surface area contributed by atoms with Crippen molar-refractivity contribution < 1.29 is 17.9 Å². The molecule has 0 radical (unpaired) electrons. The predicted molar refractivity (Wildman–Crippen MR) is 114 cm³/mol. The standard InChI is InChI=1S/C22H28N2O4S/c1-17-6-11-21(18(2)16-17)28-15-12-22(25)23-19-7-9-20(10-8-19)29(26,27)24-13-4-3-5-14-24/h6-11,16H,3-5,12-15H2,1-2H3,(H,23,25). The highest BCUT2D eigenvalue weighted by molar-refractivity contribution is 7.89. The van der Waals surface area contributed by atoms with Crippen LogP contribution in [0.3, 0.4) is 0 Å². The second kappa shape index (κ2) is 9.41. The molecule has 1 fully saturated rings. The van der Waals surface area contributed by atoms with Gasteiger partial charge in [-0.25, -0.2) is 8.42 Å². The van der Waals surface area contributed by atoms with Gasteiger partial charge in [-0.2, -0.15) is 4.31 Å². The molecule has 0 bridgehead atoms. The fraction of sp³-hybridized carbons (Fsp3) is 0.409. The Kier molecular flexibility index (Phi) is 6.92. The molecule has 1 saturated heterocycles. The molecule has 0 saturated carbocycles. The molecule has 1 N–H and O–H groups in total. The molecule has 156 valence electrons. The molecule has 1 aliphatic rings. The molecule has 2 aromatic carbocycles. The van der Waals surface area contributed by atoms with Crippen LogP contribution in [0.25, 0.3) is 0 Å². The summed E-state index contributed by atoms with van der Waals surface area (Å²) in [7, 11) is -3.46. The first kappa shape index (κ1) is 21.3. The number of nitrogens with one attached hydrogen (secondary N) is 1. The van der Waals surface area contributed by atoms with Crippen LogP contribution < -0.4 is 10.1 Å². The van der Waals surface area contributed by atoms with E-state index in [1.54, 1.807) is 24.3 Å². The zero-order valence-corrected chi connectivity index (χ0v) is 17.8. The maximum atomic E-state index is 12.7. The number of carbonyl (C=O) groups excluding carboxylic acids is 1. The lowest BCUT2D eigenvalue weighted by atomic mass is 10.1. The van der Waals surface area contributed by atoms with Gasteiger partial charge in [0.15, 0.2) is 0 Å². The van der Waals surface area contributed by atoms with Gasteiger partial charge >= 0.3 is 0 Å². The number of amides is 1. The van der Waals surface area contributed by atoms with E-state index in [9.17, 15) is 13.2 Å². The third-order valence-corrected chi connectivity index (χ3v) is 6.92. The van der Waals surface area contributed by atoms with Gasteiger partial charge in [0, 0.05) is 18.8 Å². The van der Waals surface area contributed by atoms with Crippen LogP contribution in [-0.4, -0.2) is 38.3 Å². The molecule has 0 unspecified atom stereocenters. The Bertz CT molecular complexity index is 949. The highest BCUT2D eigenvalue weighted by Crippen LogP contribution is 2.22. The largest absolute Gasteiger partial charge is 0.493 e. The van der Waals surface area contributed by atoms with Crippen molar-refractivity contribution in [3.05, 3.63) is 53.6 Å². The Balaban J connectivity index is 1.52. The van der Waals surface area contributed by atoms with Crippen LogP contribution in [0, 0.1) is 13.8 Å². The van der Waals surface area contributed by atoms with Gasteiger partial charge in [0.25, 0.3) is 0 Å². The van der Waals surface area contributed by atoms with Crippen LogP contribution in [0.2, 0.25) is 0 Å². The Morgan fingerprint density at radius 2 is 1.72 bits per heavy atom. The van der Waals surface area contributed by atoms with Crippen molar-refractivity contribution in [3.63, 3.8) is 0 Å². The van der Waals surface area contributed by atoms with E-state index in [1.807, 2.05) is 32.0 Å². The summed E-state index contributed by atoms with van der Waals surface area (Å²) in [5.74, 6) is 0.595. The minimum absolute atomic E-state index is 0.179. The molecule has 0 spiro atoms. The van der Waals surface area contributed by atoms with Gasteiger partial charge < -0.3 is 10.1 Å². The van der Waals surface area contributed by atoms with E-state index < -0.39 is 10.0 Å². The molecule has 1 heterocycles. The number of benzene rings is 2. The van der Waals surface area contributed by atoms with E-state index in [1.165, 1.54) is 9.87 Å². The van der Waals surface area contributed by atoms with Crippen molar-refractivity contribution in [1.29, 1.82) is 0 Å². The highest BCUT2D eigenvalue weighted by atomic mass is 32.2. The maximum Gasteiger partial charge on any atom is 0.243 e. The van der Waals surface area contributed by atoms with Crippen LogP contribution in [0.1, 0.15) is 36.8 Å². The number of hydrogen-bond acceptors (Lipinski definition) is 4. The van der Waals surface area contributed by atoms with Crippen molar-refractivity contribution in [2.24, 2.45) is 0 Å². The van der Waals surface area contributed by atoms with Gasteiger partial charge in [-0.15, -0.1) is 0 Å². The Hall–Kier alpha value is -2.38. The minimum atomic E-state index is -3.46. The lowest BCUT2D eigenvalue weighted by molar-refractivity contribution is -0.116. The number of anilines is 1. The summed E-state index contributed by atoms with van der Waals surface area (Å²) >= 11 is 0. The van der Waals surface area contributed by atoms with Crippen molar-refractivity contribution in [3.8, 4) is 5.75 Å². The van der Waals surface area contributed by atoms with E-state index in [0.717, 1.165) is 30.6 Å². The maximum absolute atomic E-state index is 12.7. The number of hydrogen-bond donors (Lipinski definition) is 1. The van der Waals surface area contributed by atoms with Crippen LogP contribution >= 0.6 is 0 Å². The Morgan fingerprint density at radius 3 is 2.38 bits per heavy atom. The van der Waals surface area contributed by atoms with Gasteiger partial charge in [-0.3, -0.25) is 4.79 Å². The minimum Gasteiger partial charge on any atom is -0.493 e. The smallest absolute Gasteiger partial charge is 0.243 e. The molecule has 0 aromatic heterocycles. The topological polar surface area (TPSA) is 75.7 Å². The molecular weight excluding hydrogens is 388 g/mol. The molecule has 3 rings (SSSR count). The molecule has 0 aliphatic carbocycles. The number of sulfonamides is 1. The van der Waals surface area contributed by atoms with E-state index in [0.29, 0.717) is 18.8 Å². The summed E-state index contributed by atoms with van der Waals surface area (Å²) in [5.41, 5.74) is 2.77. The van der Waals surface area contributed by atoms with Crippen molar-refractivity contribution in [1.82, 2.24) is 4.31 Å². The summed E-state index contributed by atoms with van der Waals surface area (Å²) in [6.45, 7) is 5.41. The van der Waals surface area contributed by atoms with Crippen molar-refractivity contribution in [2.75, 3.05) is 25.0 Å². The van der Waals surface area contributed by atoms with Gasteiger partial charge in [0.2, 0.25) is 15.9 Å². The van der Waals surface area contributed by atoms with Crippen LogP contribution in [0.4, 0.5) is 5.69 Å². The van der Waals surface area contributed by atoms with Gasteiger partial charge in [-0.1, -0.05) is 24.1 Å². The Labute approximate surface area is 172 Å². The molecular formula is C22H28N2O4S. The normalized spacial score (nSPS) is 15.1. The van der Waals surface area contributed by atoms with Crippen LogP contribution in [0.5, 0.6) is 5.75 Å². The molecule has 6 nitrogen and oxygen atoms in total.